The van der Waals surface area contributed by atoms with Gasteiger partial charge in [0.15, 0.2) is 0 Å². The maximum atomic E-state index is 9.24. The van der Waals surface area contributed by atoms with Gasteiger partial charge in [0.05, 0.1) is 12.0 Å². The zero-order chi connectivity index (χ0) is 14.0. The summed E-state index contributed by atoms with van der Waals surface area (Å²) in [6, 6.07) is 9.06. The van der Waals surface area contributed by atoms with Crippen molar-refractivity contribution in [1.82, 2.24) is 0 Å². The third-order valence-corrected chi connectivity index (χ3v) is 4.30. The lowest BCUT2D eigenvalue weighted by Gasteiger charge is -2.36. The summed E-state index contributed by atoms with van der Waals surface area (Å²) in [6.45, 7) is 9.81. The Morgan fingerprint density at radius 3 is 2.26 bits per heavy atom. The number of aryl methyl sites for hydroxylation is 2. The van der Waals surface area contributed by atoms with Gasteiger partial charge in [0.1, 0.15) is 0 Å². The van der Waals surface area contributed by atoms with Gasteiger partial charge in [-0.3, -0.25) is 0 Å². The van der Waals surface area contributed by atoms with Gasteiger partial charge in [0, 0.05) is 17.8 Å². The van der Waals surface area contributed by atoms with Gasteiger partial charge in [-0.25, -0.2) is 0 Å². The first-order valence-corrected chi connectivity index (χ1v) is 7.31. The first-order chi connectivity index (χ1) is 9.03. The summed E-state index contributed by atoms with van der Waals surface area (Å²) >= 11 is 0. The molecule has 0 aromatic heterocycles. The van der Waals surface area contributed by atoms with E-state index in [0.29, 0.717) is 0 Å². The Morgan fingerprint density at radius 2 is 1.84 bits per heavy atom. The van der Waals surface area contributed by atoms with E-state index in [1.165, 1.54) is 16.8 Å². The van der Waals surface area contributed by atoms with Crippen molar-refractivity contribution in [3.8, 4) is 6.07 Å². The number of hydrogen-bond acceptors (Lipinski definition) is 2. The fraction of sp³-hybridized carbons (Fsp3) is 0.588. The Bertz CT molecular complexity index is 474. The van der Waals surface area contributed by atoms with Crippen LogP contribution in [0.2, 0.25) is 0 Å². The van der Waals surface area contributed by atoms with Crippen molar-refractivity contribution in [1.29, 1.82) is 5.26 Å². The van der Waals surface area contributed by atoms with Gasteiger partial charge in [-0.05, 0) is 44.2 Å². The quantitative estimate of drug-likeness (QED) is 0.819. The number of para-hydroxylation sites is 1. The normalized spacial score (nSPS) is 21.4. The van der Waals surface area contributed by atoms with Crippen molar-refractivity contribution in [2.45, 2.75) is 52.5 Å². The zero-order valence-electron chi connectivity index (χ0n) is 12.5. The molecule has 1 saturated heterocycles. The Kier molecular flexibility index (Phi) is 3.85. The molecule has 19 heavy (non-hydrogen) atoms. The standard InChI is InChI=1S/C17H24N2/c1-5-14-8-7-9-15(6-2)16(14)19-12-13(11-18)10-17(19,3)4/h7-9,13H,5-6,10,12H2,1-4H3. The van der Waals surface area contributed by atoms with Crippen LogP contribution in [0.5, 0.6) is 0 Å². The van der Waals surface area contributed by atoms with Crippen LogP contribution in [0, 0.1) is 17.2 Å². The lowest BCUT2D eigenvalue weighted by atomic mass is 9.95. The van der Waals surface area contributed by atoms with E-state index in [2.05, 4.69) is 56.9 Å². The van der Waals surface area contributed by atoms with E-state index >= 15 is 0 Å². The average Bonchev–Trinajstić information content (AvgIpc) is 2.72. The third kappa shape index (κ3) is 2.47. The topological polar surface area (TPSA) is 27.0 Å². The smallest absolute Gasteiger partial charge is 0.0675 e. The highest BCUT2D eigenvalue weighted by atomic mass is 15.2. The molecule has 0 amide bonds. The van der Waals surface area contributed by atoms with E-state index < -0.39 is 0 Å². The zero-order valence-corrected chi connectivity index (χ0v) is 12.5. The van der Waals surface area contributed by atoms with Crippen LogP contribution in [0.4, 0.5) is 5.69 Å². The highest BCUT2D eigenvalue weighted by Gasteiger charge is 2.39. The van der Waals surface area contributed by atoms with Crippen LogP contribution < -0.4 is 4.90 Å². The van der Waals surface area contributed by atoms with Gasteiger partial charge in [-0.1, -0.05) is 32.0 Å². The van der Waals surface area contributed by atoms with Gasteiger partial charge < -0.3 is 4.90 Å². The van der Waals surface area contributed by atoms with Crippen molar-refractivity contribution in [2.24, 2.45) is 5.92 Å². The van der Waals surface area contributed by atoms with Crippen LogP contribution in [0.15, 0.2) is 18.2 Å². The minimum Gasteiger partial charge on any atom is -0.365 e. The van der Waals surface area contributed by atoms with Crippen molar-refractivity contribution >= 4 is 5.69 Å². The molecule has 102 valence electrons. The predicted octanol–water partition coefficient (Wildman–Crippen LogP) is 3.94. The van der Waals surface area contributed by atoms with Crippen molar-refractivity contribution in [3.63, 3.8) is 0 Å². The lowest BCUT2D eigenvalue weighted by molar-refractivity contribution is 0.501. The molecular weight excluding hydrogens is 232 g/mol. The van der Waals surface area contributed by atoms with Crippen molar-refractivity contribution in [3.05, 3.63) is 29.3 Å². The van der Waals surface area contributed by atoms with E-state index in [4.69, 9.17) is 0 Å². The molecule has 1 fully saturated rings. The van der Waals surface area contributed by atoms with E-state index in [0.717, 1.165) is 25.8 Å². The molecule has 0 bridgehead atoms. The molecule has 0 saturated carbocycles. The van der Waals surface area contributed by atoms with Crippen LogP contribution in [-0.4, -0.2) is 12.1 Å². The van der Waals surface area contributed by atoms with Crippen molar-refractivity contribution < 1.29 is 0 Å². The van der Waals surface area contributed by atoms with Gasteiger partial charge in [0.2, 0.25) is 0 Å². The van der Waals surface area contributed by atoms with Crippen LogP contribution >= 0.6 is 0 Å². The molecule has 0 radical (unpaired) electrons. The maximum absolute atomic E-state index is 9.24. The lowest BCUT2D eigenvalue weighted by Crippen LogP contribution is -2.39. The molecule has 0 spiro atoms. The van der Waals surface area contributed by atoms with Crippen LogP contribution in [0.1, 0.15) is 45.2 Å². The largest absolute Gasteiger partial charge is 0.365 e. The second-order valence-corrected chi connectivity index (χ2v) is 6.09. The molecule has 1 aromatic rings. The highest BCUT2D eigenvalue weighted by molar-refractivity contribution is 5.62. The molecular formula is C17H24N2. The fourth-order valence-corrected chi connectivity index (χ4v) is 3.29. The summed E-state index contributed by atoms with van der Waals surface area (Å²) in [5, 5.41) is 9.24. The first kappa shape index (κ1) is 13.9. The number of hydrogen-bond donors (Lipinski definition) is 0. The molecule has 1 unspecified atom stereocenters. The molecule has 1 aromatic carbocycles. The molecule has 2 heteroatoms. The SMILES string of the molecule is CCc1cccc(CC)c1N1CC(C#N)CC1(C)C. The second-order valence-electron chi connectivity index (χ2n) is 6.09. The summed E-state index contributed by atoms with van der Waals surface area (Å²) in [6.07, 6.45) is 3.06. The average molecular weight is 256 g/mol. The Morgan fingerprint density at radius 1 is 1.26 bits per heavy atom. The molecule has 0 N–H and O–H groups in total. The summed E-state index contributed by atoms with van der Waals surface area (Å²) < 4.78 is 0. The minimum atomic E-state index is 0.0790. The number of nitriles is 1. The molecule has 1 aliphatic heterocycles. The molecule has 0 aliphatic carbocycles. The van der Waals surface area contributed by atoms with Crippen molar-refractivity contribution in [2.75, 3.05) is 11.4 Å². The number of benzene rings is 1. The Hall–Kier alpha value is -1.49. The fourth-order valence-electron chi connectivity index (χ4n) is 3.29. The van der Waals surface area contributed by atoms with Gasteiger partial charge >= 0.3 is 0 Å². The highest BCUT2D eigenvalue weighted by Crippen LogP contribution is 2.40. The summed E-state index contributed by atoms with van der Waals surface area (Å²) in [4.78, 5) is 2.47. The van der Waals surface area contributed by atoms with Gasteiger partial charge in [-0.15, -0.1) is 0 Å². The van der Waals surface area contributed by atoms with Gasteiger partial charge in [0.25, 0.3) is 0 Å². The number of rotatable bonds is 3. The third-order valence-electron chi connectivity index (χ3n) is 4.30. The van der Waals surface area contributed by atoms with E-state index in [1.807, 2.05) is 0 Å². The maximum Gasteiger partial charge on any atom is 0.0675 e. The summed E-state index contributed by atoms with van der Waals surface area (Å²) in [5.74, 6) is 0.157. The van der Waals surface area contributed by atoms with Crippen LogP contribution in [0.25, 0.3) is 0 Å². The number of anilines is 1. The molecule has 1 aliphatic rings. The Balaban J connectivity index is 2.49. The molecule has 2 rings (SSSR count). The molecule has 2 nitrogen and oxygen atoms in total. The van der Waals surface area contributed by atoms with E-state index in [1.54, 1.807) is 0 Å². The minimum absolute atomic E-state index is 0.0790. The summed E-state index contributed by atoms with van der Waals surface area (Å²) in [5.41, 5.74) is 4.28. The monoisotopic (exact) mass is 256 g/mol. The number of nitrogens with zero attached hydrogens (tertiary/aromatic N) is 2. The molecule has 1 heterocycles. The van der Waals surface area contributed by atoms with Gasteiger partial charge in [-0.2, -0.15) is 5.26 Å². The van der Waals surface area contributed by atoms with E-state index in [9.17, 15) is 5.26 Å². The Labute approximate surface area is 117 Å². The first-order valence-electron chi connectivity index (χ1n) is 7.31. The predicted molar refractivity (Wildman–Crippen MR) is 80.3 cm³/mol. The van der Waals surface area contributed by atoms with E-state index in [-0.39, 0.29) is 11.5 Å². The second kappa shape index (κ2) is 5.25. The van der Waals surface area contributed by atoms with Crippen LogP contribution in [-0.2, 0) is 12.8 Å². The van der Waals surface area contributed by atoms with Crippen LogP contribution in [0.3, 0.4) is 0 Å². The summed E-state index contributed by atoms with van der Waals surface area (Å²) in [7, 11) is 0. The molecule has 1 atom stereocenters.